The molecule has 142 valence electrons. The van der Waals surface area contributed by atoms with Gasteiger partial charge in [0.15, 0.2) is 0 Å². The predicted octanol–water partition coefficient (Wildman–Crippen LogP) is 4.43. The van der Waals surface area contributed by atoms with Crippen molar-refractivity contribution >= 4 is 29.9 Å². The minimum atomic E-state index is -0.109. The maximum absolute atomic E-state index is 10.3. The highest BCUT2D eigenvalue weighted by atomic mass is 35.5. The van der Waals surface area contributed by atoms with E-state index in [4.69, 9.17) is 0 Å². The van der Waals surface area contributed by atoms with Crippen LogP contribution in [-0.4, -0.2) is 54.1 Å². The van der Waals surface area contributed by atoms with Crippen LogP contribution < -0.4 is 4.90 Å². The van der Waals surface area contributed by atoms with Gasteiger partial charge in [0.2, 0.25) is 0 Å². The van der Waals surface area contributed by atoms with Crippen molar-refractivity contribution in [2.75, 3.05) is 36.8 Å². The summed E-state index contributed by atoms with van der Waals surface area (Å²) in [6.07, 6.45) is 7.07. The lowest BCUT2D eigenvalue weighted by Crippen LogP contribution is -2.54. The van der Waals surface area contributed by atoms with Crippen molar-refractivity contribution in [1.82, 2.24) is 4.90 Å². The van der Waals surface area contributed by atoms with E-state index in [0.717, 1.165) is 32.6 Å². The van der Waals surface area contributed by atoms with Crippen LogP contribution >= 0.6 is 24.2 Å². The molecule has 0 spiro atoms. The van der Waals surface area contributed by atoms with E-state index in [1.165, 1.54) is 48.4 Å². The van der Waals surface area contributed by atoms with Gasteiger partial charge in [0.25, 0.3) is 0 Å². The minimum Gasteiger partial charge on any atom is -0.391 e. The fourth-order valence-corrected chi connectivity index (χ4v) is 5.15. The Bertz CT molecular complexity index is 508. The summed E-state index contributed by atoms with van der Waals surface area (Å²) in [6.45, 7) is 6.57. The third kappa shape index (κ3) is 5.53. The molecule has 2 fully saturated rings. The van der Waals surface area contributed by atoms with Crippen LogP contribution in [0.25, 0.3) is 0 Å². The first-order valence-corrected chi connectivity index (χ1v) is 10.7. The number of para-hydroxylation sites is 1. The van der Waals surface area contributed by atoms with Crippen LogP contribution in [0.5, 0.6) is 0 Å². The molecule has 1 saturated heterocycles. The topological polar surface area (TPSA) is 26.7 Å². The minimum absolute atomic E-state index is 0. The lowest BCUT2D eigenvalue weighted by molar-refractivity contribution is 0.0173. The van der Waals surface area contributed by atoms with Crippen LogP contribution in [-0.2, 0) is 0 Å². The maximum Gasteiger partial charge on any atom is 0.0695 e. The highest BCUT2D eigenvalue weighted by Gasteiger charge is 2.31. The Morgan fingerprint density at radius 1 is 1.08 bits per heavy atom. The van der Waals surface area contributed by atoms with Crippen molar-refractivity contribution in [1.29, 1.82) is 0 Å². The summed E-state index contributed by atoms with van der Waals surface area (Å²) in [6, 6.07) is 9.27. The number of thioether (sulfide) groups is 1. The van der Waals surface area contributed by atoms with Gasteiger partial charge in [-0.15, -0.1) is 24.2 Å². The van der Waals surface area contributed by atoms with Gasteiger partial charge in [0.05, 0.1) is 11.8 Å². The van der Waals surface area contributed by atoms with Gasteiger partial charge in [-0.3, -0.25) is 4.90 Å². The summed E-state index contributed by atoms with van der Waals surface area (Å²) in [4.78, 5) is 6.50. The van der Waals surface area contributed by atoms with Crippen LogP contribution in [0, 0.1) is 0 Å². The molecule has 1 aromatic rings. The smallest absolute Gasteiger partial charge is 0.0695 e. The normalized spacial score (nSPS) is 24.8. The summed E-state index contributed by atoms with van der Waals surface area (Å²) in [7, 11) is 0. The van der Waals surface area contributed by atoms with E-state index < -0.39 is 0 Å². The van der Waals surface area contributed by atoms with Crippen molar-refractivity contribution in [3.8, 4) is 0 Å². The first-order valence-electron chi connectivity index (χ1n) is 9.68. The maximum atomic E-state index is 10.3. The molecule has 2 atom stereocenters. The number of unbranched alkanes of at least 4 members (excludes halogenated alkanes) is 1. The van der Waals surface area contributed by atoms with Crippen molar-refractivity contribution in [3.05, 3.63) is 24.3 Å². The zero-order valence-corrected chi connectivity index (χ0v) is 17.0. The van der Waals surface area contributed by atoms with Crippen molar-refractivity contribution < 1.29 is 5.11 Å². The zero-order chi connectivity index (χ0) is 16.8. The average molecular weight is 385 g/mol. The molecule has 5 heteroatoms. The van der Waals surface area contributed by atoms with E-state index in [9.17, 15) is 5.11 Å². The molecule has 2 aliphatic rings. The number of piperazine rings is 1. The van der Waals surface area contributed by atoms with E-state index >= 15 is 0 Å². The molecule has 0 aromatic heterocycles. The number of hydrogen-bond donors (Lipinski definition) is 1. The number of benzene rings is 1. The Kier molecular flexibility index (Phi) is 8.91. The second-order valence-electron chi connectivity index (χ2n) is 7.11. The third-order valence-corrected chi connectivity index (χ3v) is 6.59. The highest BCUT2D eigenvalue weighted by Crippen LogP contribution is 2.32. The van der Waals surface area contributed by atoms with Gasteiger partial charge < -0.3 is 10.0 Å². The van der Waals surface area contributed by atoms with Crippen molar-refractivity contribution in [2.45, 2.75) is 62.5 Å². The number of aliphatic hydroxyl groups excluding tert-OH is 1. The average Bonchev–Trinajstić information content (AvgIpc) is 2.63. The lowest BCUT2D eigenvalue weighted by atomic mass is 9.91. The largest absolute Gasteiger partial charge is 0.391 e. The number of nitrogens with zero attached hydrogens (tertiary/aromatic N) is 2. The van der Waals surface area contributed by atoms with Gasteiger partial charge in [0, 0.05) is 37.1 Å². The van der Waals surface area contributed by atoms with E-state index in [1.54, 1.807) is 0 Å². The Morgan fingerprint density at radius 3 is 2.52 bits per heavy atom. The summed E-state index contributed by atoms with van der Waals surface area (Å²) < 4.78 is 0. The molecule has 0 radical (unpaired) electrons. The SMILES string of the molecule is CCCCSc1ccccc1N1CCN(C2CCCCC2O)CC1.Cl. The Balaban J connectivity index is 0.00000225. The van der Waals surface area contributed by atoms with E-state index in [0.29, 0.717) is 6.04 Å². The Morgan fingerprint density at radius 2 is 1.80 bits per heavy atom. The number of hydrogen-bond acceptors (Lipinski definition) is 4. The number of rotatable bonds is 6. The van der Waals surface area contributed by atoms with E-state index in [-0.39, 0.29) is 18.5 Å². The van der Waals surface area contributed by atoms with Gasteiger partial charge in [-0.2, -0.15) is 0 Å². The van der Waals surface area contributed by atoms with E-state index in [1.807, 2.05) is 11.8 Å². The van der Waals surface area contributed by atoms with Gasteiger partial charge in [-0.1, -0.05) is 38.3 Å². The van der Waals surface area contributed by atoms with E-state index in [2.05, 4.69) is 41.0 Å². The quantitative estimate of drug-likeness (QED) is 0.579. The molecule has 3 nitrogen and oxygen atoms in total. The zero-order valence-electron chi connectivity index (χ0n) is 15.4. The fraction of sp³-hybridized carbons (Fsp3) is 0.700. The molecule has 3 rings (SSSR count). The van der Waals surface area contributed by atoms with Crippen LogP contribution in [0.4, 0.5) is 5.69 Å². The molecule has 1 heterocycles. The monoisotopic (exact) mass is 384 g/mol. The van der Waals surface area contributed by atoms with Crippen LogP contribution in [0.1, 0.15) is 45.4 Å². The van der Waals surface area contributed by atoms with Gasteiger partial charge in [-0.05, 0) is 37.1 Å². The van der Waals surface area contributed by atoms with Crippen LogP contribution in [0.2, 0.25) is 0 Å². The summed E-state index contributed by atoms with van der Waals surface area (Å²) in [5.74, 6) is 1.21. The highest BCUT2D eigenvalue weighted by molar-refractivity contribution is 7.99. The number of aliphatic hydroxyl groups is 1. The van der Waals surface area contributed by atoms with Gasteiger partial charge in [0.1, 0.15) is 0 Å². The first-order chi connectivity index (χ1) is 11.8. The molecule has 0 amide bonds. The van der Waals surface area contributed by atoms with Gasteiger partial charge >= 0.3 is 0 Å². The number of anilines is 1. The molecular weight excluding hydrogens is 352 g/mol. The predicted molar refractivity (Wildman–Crippen MR) is 111 cm³/mol. The molecule has 0 bridgehead atoms. The second-order valence-corrected chi connectivity index (χ2v) is 8.25. The Labute approximate surface area is 163 Å². The van der Waals surface area contributed by atoms with Gasteiger partial charge in [-0.25, -0.2) is 0 Å². The molecular formula is C20H33ClN2OS. The lowest BCUT2D eigenvalue weighted by Gasteiger charge is -2.43. The third-order valence-electron chi connectivity index (χ3n) is 5.44. The second kappa shape index (κ2) is 10.7. The summed E-state index contributed by atoms with van der Waals surface area (Å²) in [5.41, 5.74) is 1.41. The Hall–Kier alpha value is -0.420. The molecule has 1 saturated carbocycles. The molecule has 1 N–H and O–H groups in total. The van der Waals surface area contributed by atoms with Crippen LogP contribution in [0.15, 0.2) is 29.2 Å². The fourth-order valence-electron chi connectivity index (χ4n) is 3.98. The van der Waals surface area contributed by atoms with Crippen LogP contribution in [0.3, 0.4) is 0 Å². The number of halogens is 1. The molecule has 1 aliphatic carbocycles. The van der Waals surface area contributed by atoms with Crippen molar-refractivity contribution in [3.63, 3.8) is 0 Å². The molecule has 1 aliphatic heterocycles. The molecule has 2 unspecified atom stereocenters. The first kappa shape index (κ1) is 20.9. The summed E-state index contributed by atoms with van der Waals surface area (Å²) in [5, 5.41) is 10.3. The molecule has 25 heavy (non-hydrogen) atoms. The summed E-state index contributed by atoms with van der Waals surface area (Å²) >= 11 is 2.00. The standard InChI is InChI=1S/C20H32N2OS.ClH/c1-2-3-16-24-20-11-7-5-9-18(20)22-14-12-21(13-15-22)17-8-4-6-10-19(17)23;/h5,7,9,11,17,19,23H,2-4,6,8,10,12-16H2,1H3;1H. The molecule has 1 aromatic carbocycles. The van der Waals surface area contributed by atoms with Crippen molar-refractivity contribution in [2.24, 2.45) is 0 Å².